The summed E-state index contributed by atoms with van der Waals surface area (Å²) in [6, 6.07) is 12.9. The van der Waals surface area contributed by atoms with Crippen molar-refractivity contribution in [3.05, 3.63) is 75.5 Å². The standard InChI is InChI=1S/C33H34BrClFN5O3S/c34-26-17-29-25(32-30(41(29)22-6-7-22)18-37-39-33(32)38-21-5-10-28(36)27(35)15-21)16-31(26)43-13-4-14-45(42)20-24-9-8-23(44-24)19-40-11-2-1-3-12-40/h5,8-10,15-18,22H,1-4,6-7,11-14,19-20H2,(H,38,39). The van der Waals surface area contributed by atoms with Crippen LogP contribution in [0.3, 0.4) is 0 Å². The third-order valence-corrected chi connectivity index (χ3v) is 10.6. The van der Waals surface area contributed by atoms with Crippen molar-refractivity contribution in [1.29, 1.82) is 0 Å². The molecule has 1 N–H and O–H groups in total. The summed E-state index contributed by atoms with van der Waals surface area (Å²) in [6.07, 6.45) is 8.43. The van der Waals surface area contributed by atoms with Gasteiger partial charge in [-0.05, 0) is 104 Å². The molecule has 3 aromatic heterocycles. The highest BCUT2D eigenvalue weighted by Crippen LogP contribution is 2.46. The van der Waals surface area contributed by atoms with E-state index in [2.05, 4.69) is 47.0 Å². The second kappa shape index (κ2) is 13.4. The van der Waals surface area contributed by atoms with Gasteiger partial charge in [-0.3, -0.25) is 9.11 Å². The van der Waals surface area contributed by atoms with Gasteiger partial charge in [-0.15, -0.1) is 5.10 Å². The number of rotatable bonds is 12. The molecule has 0 amide bonds. The van der Waals surface area contributed by atoms with Crippen molar-refractivity contribution in [3.8, 4) is 5.75 Å². The Kier molecular flexibility index (Phi) is 9.12. The Hall–Kier alpha value is -2.99. The summed E-state index contributed by atoms with van der Waals surface area (Å²) in [5.74, 6) is 3.42. The number of fused-ring (bicyclic) bond motifs is 3. The van der Waals surface area contributed by atoms with Crippen LogP contribution in [0.5, 0.6) is 5.75 Å². The summed E-state index contributed by atoms with van der Waals surface area (Å²) >= 11 is 9.75. The third-order valence-electron chi connectivity index (χ3n) is 8.39. The second-order valence-corrected chi connectivity index (χ2v) is 14.6. The molecule has 5 aromatic rings. The van der Waals surface area contributed by atoms with Crippen LogP contribution >= 0.6 is 27.5 Å². The Labute approximate surface area is 276 Å². The van der Waals surface area contributed by atoms with Gasteiger partial charge in [0.15, 0.2) is 5.82 Å². The number of hydrogen-bond donors (Lipinski definition) is 1. The highest BCUT2D eigenvalue weighted by Gasteiger charge is 2.29. The van der Waals surface area contributed by atoms with Crippen molar-refractivity contribution < 1.29 is 17.8 Å². The second-order valence-electron chi connectivity index (χ2n) is 11.8. The number of ether oxygens (including phenoxy) is 1. The zero-order chi connectivity index (χ0) is 30.9. The minimum atomic E-state index is -1.05. The van der Waals surface area contributed by atoms with E-state index in [0.29, 0.717) is 47.8 Å². The fourth-order valence-electron chi connectivity index (χ4n) is 6.09. The Balaban J connectivity index is 1.04. The molecule has 7 rings (SSSR count). The summed E-state index contributed by atoms with van der Waals surface area (Å²) < 4.78 is 42.0. The van der Waals surface area contributed by atoms with E-state index in [1.54, 1.807) is 12.3 Å². The van der Waals surface area contributed by atoms with Gasteiger partial charge in [-0.25, -0.2) is 4.39 Å². The third kappa shape index (κ3) is 6.91. The Morgan fingerprint density at radius 2 is 1.91 bits per heavy atom. The topological polar surface area (TPSA) is 85.4 Å². The zero-order valence-corrected chi connectivity index (χ0v) is 27.9. The van der Waals surface area contributed by atoms with E-state index < -0.39 is 16.6 Å². The molecule has 2 aliphatic rings. The summed E-state index contributed by atoms with van der Waals surface area (Å²) in [6.45, 7) is 3.48. The average molecular weight is 715 g/mol. The molecule has 1 saturated heterocycles. The predicted octanol–water partition coefficient (Wildman–Crippen LogP) is 8.51. The van der Waals surface area contributed by atoms with Crippen molar-refractivity contribution in [2.45, 2.75) is 56.9 Å². The number of halogens is 3. The van der Waals surface area contributed by atoms with E-state index in [1.165, 1.54) is 31.4 Å². The summed E-state index contributed by atoms with van der Waals surface area (Å²) in [5.41, 5.74) is 2.64. The first kappa shape index (κ1) is 30.7. The lowest BCUT2D eigenvalue weighted by molar-refractivity contribution is 0.204. The van der Waals surface area contributed by atoms with Crippen LogP contribution in [0, 0.1) is 5.82 Å². The van der Waals surface area contributed by atoms with E-state index in [0.717, 1.165) is 70.3 Å². The molecule has 2 fully saturated rings. The first-order valence-electron chi connectivity index (χ1n) is 15.4. The summed E-state index contributed by atoms with van der Waals surface area (Å²) in [5, 5.41) is 13.9. The fourth-order valence-corrected chi connectivity index (χ4v) is 7.77. The number of likely N-dealkylation sites (tertiary alicyclic amines) is 1. The number of anilines is 2. The molecule has 8 nitrogen and oxygen atoms in total. The van der Waals surface area contributed by atoms with Crippen molar-refractivity contribution in [3.63, 3.8) is 0 Å². The molecule has 1 aliphatic heterocycles. The molecule has 1 atom stereocenters. The van der Waals surface area contributed by atoms with Gasteiger partial charge in [0.25, 0.3) is 0 Å². The van der Waals surface area contributed by atoms with Crippen LogP contribution in [0.1, 0.15) is 56.1 Å². The quantitative estimate of drug-likeness (QED) is 0.130. The lowest BCUT2D eigenvalue weighted by Gasteiger charge is -2.25. The largest absolute Gasteiger partial charge is 0.492 e. The highest BCUT2D eigenvalue weighted by molar-refractivity contribution is 9.10. The van der Waals surface area contributed by atoms with Gasteiger partial charge in [-0.1, -0.05) is 18.0 Å². The first-order chi connectivity index (χ1) is 21.9. The van der Waals surface area contributed by atoms with Crippen LogP contribution in [0.2, 0.25) is 5.02 Å². The van der Waals surface area contributed by atoms with Gasteiger partial charge in [0.2, 0.25) is 0 Å². The maximum Gasteiger partial charge on any atom is 0.163 e. The molecular formula is C33H34BrClFN5O3S. The van der Waals surface area contributed by atoms with Crippen molar-refractivity contribution in [2.75, 3.05) is 30.8 Å². The number of furan rings is 1. The van der Waals surface area contributed by atoms with E-state index in [-0.39, 0.29) is 5.02 Å². The number of nitrogens with zero attached hydrogens (tertiary/aromatic N) is 4. The average Bonchev–Trinajstić information content (AvgIpc) is 3.69. The Bertz CT molecular complexity index is 1870. The molecule has 236 valence electrons. The number of nitrogens with one attached hydrogen (secondary N) is 1. The minimum absolute atomic E-state index is 0.0304. The highest BCUT2D eigenvalue weighted by atomic mass is 79.9. The monoisotopic (exact) mass is 713 g/mol. The normalized spacial score (nSPS) is 16.4. The minimum Gasteiger partial charge on any atom is -0.492 e. The SMILES string of the molecule is O=S(CCCOc1cc2c3c(Nc4ccc(F)c(Cl)c4)nncc3n(C3CC3)c2cc1Br)Cc1ccc(CN2CCCCC2)o1. The molecule has 0 bridgehead atoms. The molecular weight excluding hydrogens is 681 g/mol. The number of hydrogen-bond acceptors (Lipinski definition) is 7. The van der Waals surface area contributed by atoms with Crippen LogP contribution in [-0.2, 0) is 23.1 Å². The molecule has 1 saturated carbocycles. The van der Waals surface area contributed by atoms with Crippen LogP contribution in [-0.4, -0.2) is 49.3 Å². The Morgan fingerprint density at radius 3 is 2.71 bits per heavy atom. The van der Waals surface area contributed by atoms with Crippen molar-refractivity contribution in [2.24, 2.45) is 0 Å². The maximum atomic E-state index is 13.8. The van der Waals surface area contributed by atoms with Crippen LogP contribution < -0.4 is 10.1 Å². The molecule has 1 unspecified atom stereocenters. The maximum absolute atomic E-state index is 13.8. The summed E-state index contributed by atoms with van der Waals surface area (Å²) in [7, 11) is -1.05. The van der Waals surface area contributed by atoms with E-state index >= 15 is 0 Å². The van der Waals surface area contributed by atoms with Crippen LogP contribution in [0.4, 0.5) is 15.9 Å². The number of benzene rings is 2. The van der Waals surface area contributed by atoms with Gasteiger partial charge < -0.3 is 19.0 Å². The smallest absolute Gasteiger partial charge is 0.163 e. The zero-order valence-electron chi connectivity index (χ0n) is 24.7. The van der Waals surface area contributed by atoms with Crippen LogP contribution in [0.25, 0.3) is 21.8 Å². The van der Waals surface area contributed by atoms with E-state index in [4.69, 9.17) is 20.8 Å². The molecule has 45 heavy (non-hydrogen) atoms. The van der Waals surface area contributed by atoms with E-state index in [1.807, 2.05) is 18.2 Å². The number of aromatic nitrogens is 3. The molecule has 2 aromatic carbocycles. The Morgan fingerprint density at radius 1 is 1.09 bits per heavy atom. The lowest BCUT2D eigenvalue weighted by atomic mass is 10.1. The molecule has 0 spiro atoms. The van der Waals surface area contributed by atoms with Gasteiger partial charge in [0, 0.05) is 33.7 Å². The predicted molar refractivity (Wildman–Crippen MR) is 180 cm³/mol. The van der Waals surface area contributed by atoms with Crippen molar-refractivity contribution >= 4 is 71.6 Å². The first-order valence-corrected chi connectivity index (χ1v) is 18.1. The molecule has 12 heteroatoms. The lowest BCUT2D eigenvalue weighted by Crippen LogP contribution is -2.28. The fraction of sp³-hybridized carbons (Fsp3) is 0.394. The van der Waals surface area contributed by atoms with Crippen molar-refractivity contribution in [1.82, 2.24) is 19.7 Å². The van der Waals surface area contributed by atoms with Gasteiger partial charge in [-0.2, -0.15) is 5.10 Å². The number of piperidine rings is 1. The van der Waals surface area contributed by atoms with Crippen LogP contribution in [0.15, 0.2) is 57.6 Å². The van der Waals surface area contributed by atoms with E-state index in [9.17, 15) is 8.60 Å². The molecule has 4 heterocycles. The van der Waals surface area contributed by atoms with Gasteiger partial charge >= 0.3 is 0 Å². The van der Waals surface area contributed by atoms with Gasteiger partial charge in [0.1, 0.15) is 23.1 Å². The summed E-state index contributed by atoms with van der Waals surface area (Å²) in [4.78, 5) is 2.42. The molecule has 1 aliphatic carbocycles. The van der Waals surface area contributed by atoms with Gasteiger partial charge in [0.05, 0.1) is 51.0 Å². The molecule has 0 radical (unpaired) electrons.